The second kappa shape index (κ2) is 1.98. The molecule has 0 spiro atoms. The lowest BCUT2D eigenvalue weighted by molar-refractivity contribution is -0.302. The van der Waals surface area contributed by atoms with Crippen LogP contribution < -0.4 is 9.79 Å². The predicted octanol–water partition coefficient (Wildman–Crippen LogP) is -0.822. The second-order valence-electron chi connectivity index (χ2n) is 0.630. The summed E-state index contributed by atoms with van der Waals surface area (Å²) in [5, 5.41) is 0. The molecule has 0 radical (unpaired) electrons. The highest BCUT2D eigenvalue weighted by molar-refractivity contribution is 8.53. The summed E-state index contributed by atoms with van der Waals surface area (Å²) >= 11 is 0.326. The Hall–Kier alpha value is 0.500. The predicted molar refractivity (Wildman–Crippen MR) is 21.1 cm³/mol. The van der Waals surface area contributed by atoms with E-state index < -0.39 is 6.80 Å². The van der Waals surface area contributed by atoms with Gasteiger partial charge in [0.2, 0.25) is 0 Å². The van der Waals surface area contributed by atoms with Gasteiger partial charge in [-0.25, -0.2) is 0 Å². The number of hydrogen-bond acceptors (Lipinski definition) is 4. The molecule has 0 aliphatic carbocycles. The summed E-state index contributed by atoms with van der Waals surface area (Å²) in [4.78, 5) is 18.9. The van der Waals surface area contributed by atoms with Crippen LogP contribution in [0, 0.1) is 0 Å². The van der Waals surface area contributed by atoms with Crippen LogP contribution in [0.15, 0.2) is 0 Å². The first-order valence-electron chi connectivity index (χ1n) is 1.14. The molecule has 0 aromatic heterocycles. The van der Waals surface area contributed by atoms with E-state index in [9.17, 15) is 14.4 Å². The Balaban J connectivity index is 3.48. The maximum Gasteiger partial charge on any atom is -0.0112 e. The van der Waals surface area contributed by atoms with Crippen LogP contribution in [-0.4, -0.2) is 6.26 Å². The highest BCUT2D eigenvalue weighted by Crippen LogP contribution is 2.37. The van der Waals surface area contributed by atoms with Gasteiger partial charge >= 0.3 is 0 Å². The van der Waals surface area contributed by atoms with Crippen LogP contribution in [0.2, 0.25) is 0 Å². The lowest BCUT2D eigenvalue weighted by Crippen LogP contribution is -2.08. The summed E-state index contributed by atoms with van der Waals surface area (Å²) in [6.07, 6.45) is 1.24. The molecule has 0 fully saturated rings. The van der Waals surface area contributed by atoms with E-state index in [-0.39, 0.29) is 0 Å². The van der Waals surface area contributed by atoms with Crippen molar-refractivity contribution in [3.8, 4) is 0 Å². The smallest absolute Gasteiger partial charge is 0.0112 e. The standard InChI is InChI=1S/CH5O3PS/c1-6-5(2,3)4/h1H3,(H2,2,3,4)/p-2. The van der Waals surface area contributed by atoms with Gasteiger partial charge in [0.1, 0.15) is 0 Å². The molecule has 0 amide bonds. The Labute approximate surface area is 39.7 Å². The molecule has 6 heavy (non-hydrogen) atoms. The fourth-order valence-corrected chi connectivity index (χ4v) is 0. The molecule has 0 bridgehead atoms. The maximum absolute atomic E-state index is 9.44. The van der Waals surface area contributed by atoms with E-state index in [2.05, 4.69) is 0 Å². The molecule has 0 rings (SSSR count). The fourth-order valence-electron chi connectivity index (χ4n) is 0. The zero-order valence-corrected chi connectivity index (χ0v) is 4.79. The van der Waals surface area contributed by atoms with Crippen molar-refractivity contribution in [3.05, 3.63) is 0 Å². The van der Waals surface area contributed by atoms with E-state index >= 15 is 0 Å². The molecule has 0 saturated carbocycles. The van der Waals surface area contributed by atoms with Gasteiger partial charge in [0.05, 0.1) is 0 Å². The summed E-state index contributed by atoms with van der Waals surface area (Å²) in [6, 6.07) is 0. The molecule has 3 nitrogen and oxygen atoms in total. The molecule has 0 atom stereocenters. The molecule has 38 valence electrons. The first-order chi connectivity index (χ1) is 2.56. The Morgan fingerprint density at radius 1 is 1.67 bits per heavy atom. The summed E-state index contributed by atoms with van der Waals surface area (Å²) in [5.74, 6) is 0. The van der Waals surface area contributed by atoms with Crippen LogP contribution >= 0.6 is 18.2 Å². The summed E-state index contributed by atoms with van der Waals surface area (Å²) in [5.41, 5.74) is 0. The van der Waals surface area contributed by atoms with Crippen molar-refractivity contribution in [2.75, 3.05) is 6.26 Å². The van der Waals surface area contributed by atoms with Crippen molar-refractivity contribution in [2.24, 2.45) is 0 Å². The summed E-state index contributed by atoms with van der Waals surface area (Å²) < 4.78 is 9.44. The lowest BCUT2D eigenvalue weighted by Gasteiger charge is -2.25. The fraction of sp³-hybridized carbons (Fsp3) is 1.00. The van der Waals surface area contributed by atoms with Gasteiger partial charge in [-0.3, -0.25) is 0 Å². The van der Waals surface area contributed by atoms with Gasteiger partial charge in [-0.15, -0.1) is 11.4 Å². The van der Waals surface area contributed by atoms with E-state index in [4.69, 9.17) is 0 Å². The van der Waals surface area contributed by atoms with Crippen molar-refractivity contribution in [1.29, 1.82) is 0 Å². The molecule has 0 heterocycles. The quantitative estimate of drug-likeness (QED) is 0.430. The minimum Gasteiger partial charge on any atom is -0.803 e. The van der Waals surface area contributed by atoms with Crippen molar-refractivity contribution < 1.29 is 14.4 Å². The first-order valence-corrected chi connectivity index (χ1v) is 4.51. The Bertz CT molecular complexity index is 74.9. The molecule has 0 unspecified atom stereocenters. The second-order valence-corrected chi connectivity index (χ2v) is 4.33. The number of rotatable bonds is 1. The van der Waals surface area contributed by atoms with Gasteiger partial charge in [-0.05, 0) is 13.1 Å². The van der Waals surface area contributed by atoms with Crippen LogP contribution in [-0.2, 0) is 4.57 Å². The minimum atomic E-state index is -4.23. The van der Waals surface area contributed by atoms with E-state index in [1.807, 2.05) is 0 Å². The minimum absolute atomic E-state index is 0.326. The van der Waals surface area contributed by atoms with Crippen LogP contribution in [0.3, 0.4) is 0 Å². The molecule has 5 heteroatoms. The van der Waals surface area contributed by atoms with Gasteiger partial charge in [-0.1, -0.05) is 0 Å². The van der Waals surface area contributed by atoms with Crippen molar-refractivity contribution in [3.63, 3.8) is 0 Å². The van der Waals surface area contributed by atoms with Gasteiger partial charge in [-0.2, -0.15) is 0 Å². The van der Waals surface area contributed by atoms with Crippen molar-refractivity contribution in [1.82, 2.24) is 0 Å². The normalized spacial score (nSPS) is 11.8. The highest BCUT2D eigenvalue weighted by Gasteiger charge is 1.76. The number of hydrogen-bond donors (Lipinski definition) is 0. The monoisotopic (exact) mass is 126 g/mol. The molecule has 0 saturated heterocycles. The van der Waals surface area contributed by atoms with Crippen LogP contribution in [0.5, 0.6) is 0 Å². The summed E-state index contributed by atoms with van der Waals surface area (Å²) in [7, 11) is 0. The molecule has 0 aliphatic rings. The summed E-state index contributed by atoms with van der Waals surface area (Å²) in [6.45, 7) is -4.23. The Morgan fingerprint density at radius 3 is 1.83 bits per heavy atom. The van der Waals surface area contributed by atoms with Crippen LogP contribution in [0.1, 0.15) is 0 Å². The third-order valence-corrected chi connectivity index (χ3v) is 2.01. The largest absolute Gasteiger partial charge is 0.803 e. The van der Waals surface area contributed by atoms with E-state index in [0.29, 0.717) is 11.4 Å². The Morgan fingerprint density at radius 2 is 1.83 bits per heavy atom. The van der Waals surface area contributed by atoms with Crippen molar-refractivity contribution >= 4 is 18.2 Å². The Kier molecular flexibility index (Phi) is 2.15. The molecule has 0 aromatic rings. The zero-order chi connectivity index (χ0) is 5.21. The molecular weight excluding hydrogens is 123 g/mol. The molecule has 0 N–H and O–H groups in total. The van der Waals surface area contributed by atoms with E-state index in [1.165, 1.54) is 6.26 Å². The van der Waals surface area contributed by atoms with E-state index in [0.717, 1.165) is 0 Å². The lowest BCUT2D eigenvalue weighted by atomic mass is 12.0. The molecule has 0 aromatic carbocycles. The van der Waals surface area contributed by atoms with Crippen LogP contribution in [0.4, 0.5) is 0 Å². The third-order valence-electron chi connectivity index (χ3n) is 0.224. The van der Waals surface area contributed by atoms with Gasteiger partial charge in [0.15, 0.2) is 0 Å². The van der Waals surface area contributed by atoms with Crippen molar-refractivity contribution in [2.45, 2.75) is 0 Å². The average molecular weight is 126 g/mol. The van der Waals surface area contributed by atoms with Gasteiger partial charge in [0, 0.05) is 0 Å². The average Bonchev–Trinajstić information content (AvgIpc) is 1.35. The van der Waals surface area contributed by atoms with E-state index in [1.54, 1.807) is 0 Å². The maximum atomic E-state index is 9.44. The third kappa shape index (κ3) is 4.50. The van der Waals surface area contributed by atoms with Gasteiger partial charge < -0.3 is 14.4 Å². The molecule has 0 aliphatic heterocycles. The SMILES string of the molecule is CSP(=O)([O-])[O-]. The van der Waals surface area contributed by atoms with Crippen LogP contribution in [0.25, 0.3) is 0 Å². The molecular formula is CH3O3PS-2. The zero-order valence-electron chi connectivity index (χ0n) is 3.08. The first kappa shape index (κ1) is 6.50. The highest BCUT2D eigenvalue weighted by atomic mass is 32.7. The topological polar surface area (TPSA) is 63.2 Å². The van der Waals surface area contributed by atoms with Gasteiger partial charge in [0.25, 0.3) is 0 Å².